The van der Waals surface area contributed by atoms with Crippen molar-refractivity contribution in [2.45, 2.75) is 45.6 Å². The molecule has 154 valence electrons. The van der Waals surface area contributed by atoms with Crippen LogP contribution in [0.15, 0.2) is 17.8 Å². The summed E-state index contributed by atoms with van der Waals surface area (Å²) in [4.78, 5) is 32.3. The zero-order chi connectivity index (χ0) is 21.3. The number of halogens is 2. The van der Waals surface area contributed by atoms with Gasteiger partial charge in [-0.25, -0.2) is 0 Å². The van der Waals surface area contributed by atoms with Crippen LogP contribution in [0.2, 0.25) is 10.0 Å². The Labute approximate surface area is 172 Å². The lowest BCUT2D eigenvalue weighted by Crippen LogP contribution is -2.29. The van der Waals surface area contributed by atoms with Gasteiger partial charge in [0, 0.05) is 24.5 Å². The molecule has 1 aromatic carbocycles. The van der Waals surface area contributed by atoms with Crippen molar-refractivity contribution >= 4 is 41.2 Å². The molecule has 0 aliphatic rings. The molecule has 1 amide bonds. The lowest BCUT2D eigenvalue weighted by Gasteiger charge is -2.17. The van der Waals surface area contributed by atoms with E-state index in [4.69, 9.17) is 33.0 Å². The number of amides is 1. The summed E-state index contributed by atoms with van der Waals surface area (Å²) in [5, 5.41) is 22.0. The Kier molecular flexibility index (Phi) is 9.75. The minimum absolute atomic E-state index is 0.0150. The van der Waals surface area contributed by atoms with Gasteiger partial charge < -0.3 is 15.2 Å². The molecule has 28 heavy (non-hydrogen) atoms. The van der Waals surface area contributed by atoms with Crippen LogP contribution in [-0.2, 0) is 9.59 Å². The van der Waals surface area contributed by atoms with E-state index >= 15 is 0 Å². The Hall–Kier alpha value is -2.32. The molecule has 10 heteroatoms. The van der Waals surface area contributed by atoms with Gasteiger partial charge in [-0.3, -0.25) is 19.7 Å². The van der Waals surface area contributed by atoms with Crippen LogP contribution >= 0.6 is 23.2 Å². The molecule has 1 rings (SSSR count). The fraction of sp³-hybridized carbons (Fsp3) is 0.444. The van der Waals surface area contributed by atoms with Crippen molar-refractivity contribution in [3.05, 3.63) is 43.6 Å². The smallest absolute Gasteiger partial charge is 0.322 e. The maximum Gasteiger partial charge on any atom is 0.322 e. The number of carboxylic acids is 1. The Bertz CT molecular complexity index is 767. The van der Waals surface area contributed by atoms with E-state index in [1.54, 1.807) is 26.0 Å². The SMILES string of the molecule is CCC(=Cc1ccc(OC(C)CCCC(=O)NCC(=O)O)c(Cl)c1Cl)[N+](=O)[O-]. The number of benzene rings is 1. The number of nitrogens with one attached hydrogen (secondary N) is 1. The summed E-state index contributed by atoms with van der Waals surface area (Å²) in [5.41, 5.74) is 0.441. The molecule has 0 aliphatic heterocycles. The number of nitrogens with zero attached hydrogens (tertiary/aromatic N) is 1. The van der Waals surface area contributed by atoms with Crippen LogP contribution in [-0.4, -0.2) is 34.6 Å². The number of carboxylic acid groups (broad SMARTS) is 1. The summed E-state index contributed by atoms with van der Waals surface area (Å²) < 4.78 is 5.74. The maximum absolute atomic E-state index is 11.5. The number of allylic oxidation sites excluding steroid dienone is 1. The topological polar surface area (TPSA) is 119 Å². The number of hydrogen-bond acceptors (Lipinski definition) is 5. The van der Waals surface area contributed by atoms with Gasteiger partial charge in [-0.2, -0.15) is 0 Å². The third-order valence-corrected chi connectivity index (χ3v) is 4.65. The number of hydrogen-bond donors (Lipinski definition) is 2. The van der Waals surface area contributed by atoms with Crippen molar-refractivity contribution in [3.63, 3.8) is 0 Å². The number of rotatable bonds is 11. The average Bonchev–Trinajstić information content (AvgIpc) is 2.63. The third-order valence-electron chi connectivity index (χ3n) is 3.78. The number of carbonyl (C=O) groups excluding carboxylic acids is 1. The van der Waals surface area contributed by atoms with Gasteiger partial charge in [-0.15, -0.1) is 0 Å². The van der Waals surface area contributed by atoms with E-state index in [-0.39, 0.29) is 40.6 Å². The predicted molar refractivity (Wildman–Crippen MR) is 106 cm³/mol. The van der Waals surface area contributed by atoms with E-state index in [1.165, 1.54) is 6.08 Å². The Balaban J connectivity index is 2.67. The first-order valence-corrected chi connectivity index (χ1v) is 9.39. The van der Waals surface area contributed by atoms with Gasteiger partial charge in [0.15, 0.2) is 0 Å². The third kappa shape index (κ3) is 7.74. The summed E-state index contributed by atoms with van der Waals surface area (Å²) in [6.07, 6.45) is 2.57. The summed E-state index contributed by atoms with van der Waals surface area (Å²) in [6, 6.07) is 3.18. The van der Waals surface area contributed by atoms with E-state index in [0.29, 0.717) is 24.2 Å². The van der Waals surface area contributed by atoms with Crippen molar-refractivity contribution in [2.24, 2.45) is 0 Å². The number of nitro groups is 1. The quantitative estimate of drug-likeness (QED) is 0.400. The summed E-state index contributed by atoms with van der Waals surface area (Å²) in [5.74, 6) is -1.10. The highest BCUT2D eigenvalue weighted by Crippen LogP contribution is 2.36. The summed E-state index contributed by atoms with van der Waals surface area (Å²) in [7, 11) is 0. The molecule has 1 unspecified atom stereocenters. The molecule has 1 atom stereocenters. The fourth-order valence-electron chi connectivity index (χ4n) is 2.30. The van der Waals surface area contributed by atoms with Crippen molar-refractivity contribution in [1.29, 1.82) is 0 Å². The minimum atomic E-state index is -1.10. The highest BCUT2D eigenvalue weighted by molar-refractivity contribution is 6.43. The van der Waals surface area contributed by atoms with Crippen molar-refractivity contribution in [1.82, 2.24) is 5.32 Å². The van der Waals surface area contributed by atoms with E-state index in [9.17, 15) is 19.7 Å². The van der Waals surface area contributed by atoms with Crippen LogP contribution in [0.5, 0.6) is 5.75 Å². The van der Waals surface area contributed by atoms with Crippen LogP contribution in [0.3, 0.4) is 0 Å². The van der Waals surface area contributed by atoms with Gasteiger partial charge >= 0.3 is 5.97 Å². The molecule has 0 heterocycles. The van der Waals surface area contributed by atoms with Gasteiger partial charge in [0.2, 0.25) is 11.6 Å². The first-order valence-electron chi connectivity index (χ1n) is 8.63. The number of carbonyl (C=O) groups is 2. The van der Waals surface area contributed by atoms with Crippen LogP contribution in [0.1, 0.15) is 45.1 Å². The zero-order valence-corrected chi connectivity index (χ0v) is 17.0. The van der Waals surface area contributed by atoms with E-state index < -0.39 is 17.4 Å². The molecular formula is C18H22Cl2N2O6. The average molecular weight is 433 g/mol. The van der Waals surface area contributed by atoms with E-state index in [2.05, 4.69) is 5.32 Å². The van der Waals surface area contributed by atoms with Gasteiger partial charge in [-0.1, -0.05) is 30.1 Å². The monoisotopic (exact) mass is 432 g/mol. The Morgan fingerprint density at radius 1 is 1.36 bits per heavy atom. The molecule has 0 aromatic heterocycles. The summed E-state index contributed by atoms with van der Waals surface area (Å²) >= 11 is 12.4. The van der Waals surface area contributed by atoms with Crippen LogP contribution in [0.25, 0.3) is 6.08 Å². The second-order valence-electron chi connectivity index (χ2n) is 6.02. The first kappa shape index (κ1) is 23.7. The largest absolute Gasteiger partial charge is 0.489 e. The second kappa shape index (κ2) is 11.5. The molecule has 0 saturated heterocycles. The highest BCUT2D eigenvalue weighted by atomic mass is 35.5. The van der Waals surface area contributed by atoms with Gasteiger partial charge in [-0.05, 0) is 31.9 Å². The zero-order valence-electron chi connectivity index (χ0n) is 15.5. The Morgan fingerprint density at radius 2 is 2.04 bits per heavy atom. The standard InChI is InChI=1S/C18H22Cl2N2O6/c1-3-13(22(26)27)9-12-7-8-14(18(20)17(12)19)28-11(2)5-4-6-15(23)21-10-16(24)25/h7-9,11H,3-6,10H2,1-2H3,(H,21,23)(H,24,25). The van der Waals surface area contributed by atoms with Gasteiger partial charge in [0.05, 0.1) is 16.0 Å². The van der Waals surface area contributed by atoms with Gasteiger partial charge in [0.25, 0.3) is 0 Å². The van der Waals surface area contributed by atoms with E-state index in [1.807, 2.05) is 0 Å². The van der Waals surface area contributed by atoms with Crippen molar-refractivity contribution in [2.75, 3.05) is 6.54 Å². The molecule has 1 aromatic rings. The molecule has 0 fully saturated rings. The Morgan fingerprint density at radius 3 is 2.61 bits per heavy atom. The molecule has 2 N–H and O–H groups in total. The van der Waals surface area contributed by atoms with Gasteiger partial charge in [0.1, 0.15) is 17.3 Å². The second-order valence-corrected chi connectivity index (χ2v) is 6.77. The van der Waals surface area contributed by atoms with E-state index in [0.717, 1.165) is 0 Å². The molecule has 0 spiro atoms. The highest BCUT2D eigenvalue weighted by Gasteiger charge is 2.16. The van der Waals surface area contributed by atoms with Crippen molar-refractivity contribution < 1.29 is 24.4 Å². The minimum Gasteiger partial charge on any atom is -0.489 e. The predicted octanol–water partition coefficient (Wildman–Crippen LogP) is 4.16. The first-order chi connectivity index (χ1) is 13.1. The molecule has 0 bridgehead atoms. The summed E-state index contributed by atoms with van der Waals surface area (Å²) in [6.45, 7) is 3.07. The van der Waals surface area contributed by atoms with Crippen LogP contribution < -0.4 is 10.1 Å². The van der Waals surface area contributed by atoms with Crippen LogP contribution in [0, 0.1) is 10.1 Å². The molecule has 0 radical (unpaired) electrons. The van der Waals surface area contributed by atoms with Crippen molar-refractivity contribution in [3.8, 4) is 5.75 Å². The lowest BCUT2D eigenvalue weighted by molar-refractivity contribution is -0.425. The number of ether oxygens (including phenoxy) is 1. The number of aliphatic carboxylic acids is 1. The molecule has 8 nitrogen and oxygen atoms in total. The fourth-order valence-corrected chi connectivity index (χ4v) is 2.73. The molecule has 0 aliphatic carbocycles. The molecular weight excluding hydrogens is 411 g/mol. The lowest BCUT2D eigenvalue weighted by atomic mass is 10.1. The molecule has 0 saturated carbocycles. The van der Waals surface area contributed by atoms with Crippen LogP contribution in [0.4, 0.5) is 0 Å². The maximum atomic E-state index is 11.5. The normalized spacial score (nSPS) is 12.4.